The monoisotopic (exact) mass is 389 g/mol. The molecule has 2 aromatic carbocycles. The summed E-state index contributed by atoms with van der Waals surface area (Å²) in [5.74, 6) is 0.440. The summed E-state index contributed by atoms with van der Waals surface area (Å²) in [7, 11) is -1.78. The summed E-state index contributed by atoms with van der Waals surface area (Å²) >= 11 is 0. The first-order valence-corrected chi connectivity index (χ1v) is 10.7. The van der Waals surface area contributed by atoms with Crippen molar-refractivity contribution in [2.24, 2.45) is 0 Å². The molecule has 0 radical (unpaired) electrons. The second-order valence-corrected chi connectivity index (χ2v) is 8.65. The fourth-order valence-electron chi connectivity index (χ4n) is 2.65. The molecule has 2 rings (SSSR count). The van der Waals surface area contributed by atoms with Gasteiger partial charge in [0.2, 0.25) is 5.91 Å². The molecular weight excluding hydrogens is 362 g/mol. The van der Waals surface area contributed by atoms with Crippen molar-refractivity contribution in [3.8, 4) is 5.75 Å². The van der Waals surface area contributed by atoms with Crippen LogP contribution in [0.4, 0.5) is 0 Å². The summed E-state index contributed by atoms with van der Waals surface area (Å²) < 4.78 is 29.6. The predicted octanol–water partition coefficient (Wildman–Crippen LogP) is 3.31. The minimum atomic E-state index is -3.42. The Morgan fingerprint density at radius 2 is 1.67 bits per heavy atom. The van der Waals surface area contributed by atoms with E-state index >= 15 is 0 Å². The first-order chi connectivity index (χ1) is 12.9. The summed E-state index contributed by atoms with van der Waals surface area (Å²) in [6.07, 6.45) is 2.72. The minimum Gasteiger partial charge on any atom is -0.497 e. The molecule has 0 aliphatic heterocycles. The van der Waals surface area contributed by atoms with Crippen LogP contribution in [0.3, 0.4) is 0 Å². The Morgan fingerprint density at radius 1 is 1.00 bits per heavy atom. The Labute approximate surface area is 161 Å². The maximum absolute atomic E-state index is 12.2. The second kappa shape index (κ2) is 10.1. The molecule has 0 heterocycles. The Morgan fingerprint density at radius 3 is 2.30 bits per heavy atom. The van der Waals surface area contributed by atoms with Crippen molar-refractivity contribution in [3.63, 3.8) is 0 Å². The molecule has 0 aliphatic carbocycles. The van der Waals surface area contributed by atoms with E-state index in [-0.39, 0.29) is 23.0 Å². The van der Waals surface area contributed by atoms with Gasteiger partial charge in [-0.2, -0.15) is 0 Å². The van der Waals surface area contributed by atoms with Gasteiger partial charge in [-0.3, -0.25) is 4.79 Å². The number of amides is 1. The zero-order chi connectivity index (χ0) is 19.7. The van der Waals surface area contributed by atoms with Crippen LogP contribution in [0.2, 0.25) is 0 Å². The van der Waals surface area contributed by atoms with Crippen molar-refractivity contribution in [2.45, 2.75) is 37.5 Å². The van der Waals surface area contributed by atoms with E-state index in [1.165, 1.54) is 5.56 Å². The van der Waals surface area contributed by atoms with Gasteiger partial charge in [0.25, 0.3) is 0 Å². The lowest BCUT2D eigenvalue weighted by molar-refractivity contribution is -0.120. The highest BCUT2D eigenvalue weighted by atomic mass is 32.2. The molecule has 0 bridgehead atoms. The highest BCUT2D eigenvalue weighted by Crippen LogP contribution is 2.14. The number of hydrogen-bond donors (Lipinski definition) is 1. The highest BCUT2D eigenvalue weighted by molar-refractivity contribution is 7.91. The van der Waals surface area contributed by atoms with E-state index < -0.39 is 9.84 Å². The molecule has 27 heavy (non-hydrogen) atoms. The average Bonchev–Trinajstić information content (AvgIpc) is 2.67. The molecule has 146 valence electrons. The van der Waals surface area contributed by atoms with Crippen molar-refractivity contribution >= 4 is 15.7 Å². The van der Waals surface area contributed by atoms with Crippen molar-refractivity contribution in [3.05, 3.63) is 59.7 Å². The molecule has 0 fully saturated rings. The van der Waals surface area contributed by atoms with Crippen molar-refractivity contribution < 1.29 is 17.9 Å². The standard InChI is InChI=1S/C21H27NO4S/c1-17-6-12-20(13-7-17)27(24,25)16-14-21(23)22-15-4-3-5-18-8-10-19(26-2)11-9-18/h6-13H,3-5,14-16H2,1-2H3,(H,22,23). The first kappa shape index (κ1) is 21.0. The Kier molecular flexibility index (Phi) is 7.85. The molecule has 0 saturated heterocycles. The SMILES string of the molecule is COc1ccc(CCCCNC(=O)CCS(=O)(=O)c2ccc(C)cc2)cc1. The number of hydrogen-bond acceptors (Lipinski definition) is 4. The molecule has 0 spiro atoms. The largest absolute Gasteiger partial charge is 0.497 e. The van der Waals surface area contributed by atoms with Crippen molar-refractivity contribution in [2.75, 3.05) is 19.4 Å². The van der Waals surface area contributed by atoms with Gasteiger partial charge in [-0.05, 0) is 56.0 Å². The zero-order valence-corrected chi connectivity index (χ0v) is 16.7. The normalized spacial score (nSPS) is 11.2. The van der Waals surface area contributed by atoms with Crippen molar-refractivity contribution in [1.29, 1.82) is 0 Å². The highest BCUT2D eigenvalue weighted by Gasteiger charge is 2.16. The number of methoxy groups -OCH3 is 1. The van der Waals surface area contributed by atoms with Gasteiger partial charge < -0.3 is 10.1 Å². The summed E-state index contributed by atoms with van der Waals surface area (Å²) in [4.78, 5) is 12.2. The number of unbranched alkanes of at least 4 members (excludes halogenated alkanes) is 1. The molecule has 0 unspecified atom stereocenters. The van der Waals surface area contributed by atoms with Crippen LogP contribution >= 0.6 is 0 Å². The molecule has 0 atom stereocenters. The molecule has 1 amide bonds. The number of carbonyl (C=O) groups excluding carboxylic acids is 1. The number of rotatable bonds is 10. The van der Waals surface area contributed by atoms with E-state index in [2.05, 4.69) is 5.32 Å². The maximum atomic E-state index is 12.2. The summed E-state index contributed by atoms with van der Waals surface area (Å²) in [6, 6.07) is 14.6. The van der Waals surface area contributed by atoms with Crippen LogP contribution in [0.5, 0.6) is 5.75 Å². The van der Waals surface area contributed by atoms with Gasteiger partial charge in [0.1, 0.15) is 5.75 Å². The fraction of sp³-hybridized carbons (Fsp3) is 0.381. The van der Waals surface area contributed by atoms with E-state index in [0.717, 1.165) is 30.6 Å². The van der Waals surface area contributed by atoms with E-state index in [1.807, 2.05) is 31.2 Å². The summed E-state index contributed by atoms with van der Waals surface area (Å²) in [5.41, 5.74) is 2.23. The quantitative estimate of drug-likeness (QED) is 0.633. The van der Waals surface area contributed by atoms with Crippen LogP contribution in [0.15, 0.2) is 53.4 Å². The summed E-state index contributed by atoms with van der Waals surface area (Å²) in [5, 5.41) is 2.80. The molecule has 2 aromatic rings. The van der Waals surface area contributed by atoms with E-state index in [9.17, 15) is 13.2 Å². The van der Waals surface area contributed by atoms with Crippen molar-refractivity contribution in [1.82, 2.24) is 5.32 Å². The van der Waals surface area contributed by atoms with Crippen LogP contribution < -0.4 is 10.1 Å². The van der Waals surface area contributed by atoms with E-state index in [0.29, 0.717) is 6.54 Å². The van der Waals surface area contributed by atoms with Crippen LogP contribution in [-0.4, -0.2) is 33.7 Å². The van der Waals surface area contributed by atoms with E-state index in [4.69, 9.17) is 4.74 Å². The number of ether oxygens (including phenoxy) is 1. The first-order valence-electron chi connectivity index (χ1n) is 9.10. The lowest BCUT2D eigenvalue weighted by Gasteiger charge is -2.07. The average molecular weight is 390 g/mol. The molecule has 6 heteroatoms. The minimum absolute atomic E-state index is 0.0192. The van der Waals surface area contributed by atoms with Crippen LogP contribution in [0, 0.1) is 6.92 Å². The lowest BCUT2D eigenvalue weighted by Crippen LogP contribution is -2.26. The summed E-state index contributed by atoms with van der Waals surface area (Å²) in [6.45, 7) is 2.46. The topological polar surface area (TPSA) is 72.5 Å². The zero-order valence-electron chi connectivity index (χ0n) is 15.9. The second-order valence-electron chi connectivity index (χ2n) is 6.54. The van der Waals surface area contributed by atoms with Gasteiger partial charge in [0.15, 0.2) is 9.84 Å². The number of aryl methyl sites for hydroxylation is 2. The molecule has 0 aliphatic rings. The third kappa shape index (κ3) is 7.06. The molecule has 5 nitrogen and oxygen atoms in total. The third-order valence-electron chi connectivity index (χ3n) is 4.35. The Hall–Kier alpha value is -2.34. The van der Waals surface area contributed by atoms with Crippen LogP contribution in [0.1, 0.15) is 30.4 Å². The smallest absolute Gasteiger partial charge is 0.221 e. The maximum Gasteiger partial charge on any atom is 0.221 e. The predicted molar refractivity (Wildman–Crippen MR) is 107 cm³/mol. The number of sulfone groups is 1. The van der Waals surface area contributed by atoms with Gasteiger partial charge in [-0.15, -0.1) is 0 Å². The molecule has 1 N–H and O–H groups in total. The van der Waals surface area contributed by atoms with Gasteiger partial charge in [-0.25, -0.2) is 8.42 Å². The van der Waals surface area contributed by atoms with Gasteiger partial charge in [0, 0.05) is 13.0 Å². The third-order valence-corrected chi connectivity index (χ3v) is 6.08. The number of carbonyl (C=O) groups is 1. The van der Waals surface area contributed by atoms with Crippen LogP contribution in [-0.2, 0) is 21.1 Å². The Bertz CT molecular complexity index is 827. The lowest BCUT2D eigenvalue weighted by atomic mass is 10.1. The van der Waals surface area contributed by atoms with E-state index in [1.54, 1.807) is 31.4 Å². The molecular formula is C21H27NO4S. The fourth-order valence-corrected chi connectivity index (χ4v) is 3.89. The molecule has 0 saturated carbocycles. The number of benzene rings is 2. The van der Waals surface area contributed by atoms with Gasteiger partial charge in [0.05, 0.1) is 17.8 Å². The van der Waals surface area contributed by atoms with Gasteiger partial charge in [-0.1, -0.05) is 29.8 Å². The number of nitrogens with one attached hydrogen (secondary N) is 1. The molecule has 0 aromatic heterocycles. The van der Waals surface area contributed by atoms with Gasteiger partial charge >= 0.3 is 0 Å². The van der Waals surface area contributed by atoms with Crippen LogP contribution in [0.25, 0.3) is 0 Å². The Balaban J connectivity index is 1.65.